The summed E-state index contributed by atoms with van der Waals surface area (Å²) in [6, 6.07) is 7.58. The van der Waals surface area contributed by atoms with Crippen molar-refractivity contribution in [2.45, 2.75) is 19.6 Å². The van der Waals surface area contributed by atoms with Gasteiger partial charge in [0, 0.05) is 6.54 Å². The Kier molecular flexibility index (Phi) is 3.22. The van der Waals surface area contributed by atoms with Crippen LogP contribution in [0.15, 0.2) is 24.3 Å². The first-order chi connectivity index (χ1) is 8.47. The highest BCUT2D eigenvalue weighted by molar-refractivity contribution is 5.31. The van der Waals surface area contributed by atoms with Crippen LogP contribution in [0.25, 0.3) is 0 Å². The third-order valence-corrected chi connectivity index (χ3v) is 2.45. The average Bonchev–Trinajstić information content (AvgIpc) is 2.76. The highest BCUT2D eigenvalue weighted by Gasteiger charge is 2.35. The molecule has 0 unspecified atom stereocenters. The van der Waals surface area contributed by atoms with E-state index in [1.807, 2.05) is 36.3 Å². The normalized spacial score (nSPS) is 11.6. The first kappa shape index (κ1) is 12.4. The van der Waals surface area contributed by atoms with Crippen LogP contribution in [0.4, 0.5) is 19.1 Å². The minimum Gasteiger partial charge on any atom is -0.349 e. The summed E-state index contributed by atoms with van der Waals surface area (Å²) in [7, 11) is 0. The summed E-state index contributed by atoms with van der Waals surface area (Å²) in [5, 5.41) is 8.05. The maximum Gasteiger partial charge on any atom is 0.451 e. The van der Waals surface area contributed by atoms with Crippen molar-refractivity contribution in [1.29, 1.82) is 0 Å². The second-order valence-electron chi connectivity index (χ2n) is 3.79. The Morgan fingerprint density at radius 3 is 2.61 bits per heavy atom. The molecule has 1 aromatic carbocycles. The van der Waals surface area contributed by atoms with Crippen molar-refractivity contribution in [3.8, 4) is 0 Å². The van der Waals surface area contributed by atoms with Crippen LogP contribution in [0.5, 0.6) is 0 Å². The molecule has 0 amide bonds. The van der Waals surface area contributed by atoms with E-state index in [2.05, 4.69) is 15.4 Å². The molecule has 0 aliphatic rings. The van der Waals surface area contributed by atoms with Crippen LogP contribution in [-0.2, 0) is 12.7 Å². The summed E-state index contributed by atoms with van der Waals surface area (Å²) in [6.45, 7) is 2.30. The smallest absolute Gasteiger partial charge is 0.349 e. The SMILES string of the molecule is Cc1ccccc1CNc1n[nH]c(C(F)(F)F)n1. The van der Waals surface area contributed by atoms with Crippen molar-refractivity contribution in [1.82, 2.24) is 15.2 Å². The van der Waals surface area contributed by atoms with Crippen LogP contribution in [0.3, 0.4) is 0 Å². The van der Waals surface area contributed by atoms with Gasteiger partial charge in [0.1, 0.15) is 0 Å². The number of halogens is 3. The van der Waals surface area contributed by atoms with Crippen LogP contribution < -0.4 is 5.32 Å². The molecule has 1 aromatic heterocycles. The molecule has 0 atom stereocenters. The molecule has 0 saturated carbocycles. The molecule has 0 aliphatic heterocycles. The van der Waals surface area contributed by atoms with E-state index in [9.17, 15) is 13.2 Å². The van der Waals surface area contributed by atoms with E-state index in [-0.39, 0.29) is 5.95 Å². The fraction of sp³-hybridized carbons (Fsp3) is 0.273. The zero-order valence-corrected chi connectivity index (χ0v) is 9.54. The summed E-state index contributed by atoms with van der Waals surface area (Å²) < 4.78 is 36.8. The number of aryl methyl sites for hydroxylation is 1. The zero-order valence-electron chi connectivity index (χ0n) is 9.54. The van der Waals surface area contributed by atoms with E-state index >= 15 is 0 Å². The molecule has 4 nitrogen and oxygen atoms in total. The van der Waals surface area contributed by atoms with Gasteiger partial charge in [0.15, 0.2) is 0 Å². The van der Waals surface area contributed by atoms with Crippen molar-refractivity contribution in [3.63, 3.8) is 0 Å². The van der Waals surface area contributed by atoms with Gasteiger partial charge >= 0.3 is 6.18 Å². The van der Waals surface area contributed by atoms with Gasteiger partial charge in [-0.25, -0.2) is 0 Å². The Balaban J connectivity index is 2.03. The Bertz CT molecular complexity index is 533. The molecule has 0 aliphatic carbocycles. The quantitative estimate of drug-likeness (QED) is 0.887. The van der Waals surface area contributed by atoms with Crippen molar-refractivity contribution >= 4 is 5.95 Å². The predicted octanol–water partition coefficient (Wildman–Crippen LogP) is 2.74. The molecule has 2 N–H and O–H groups in total. The molecule has 0 saturated heterocycles. The fourth-order valence-corrected chi connectivity index (χ4v) is 1.45. The zero-order chi connectivity index (χ0) is 13.2. The Hall–Kier alpha value is -2.05. The number of H-pyrrole nitrogens is 1. The fourth-order valence-electron chi connectivity index (χ4n) is 1.45. The van der Waals surface area contributed by atoms with Crippen LogP contribution in [0.2, 0.25) is 0 Å². The Morgan fingerprint density at radius 2 is 2.00 bits per heavy atom. The van der Waals surface area contributed by atoms with Crippen LogP contribution in [0.1, 0.15) is 17.0 Å². The lowest BCUT2D eigenvalue weighted by atomic mass is 10.1. The number of rotatable bonds is 3. The van der Waals surface area contributed by atoms with Gasteiger partial charge in [-0.3, -0.25) is 5.10 Å². The lowest BCUT2D eigenvalue weighted by Crippen LogP contribution is -2.08. The minimum absolute atomic E-state index is 0.0643. The first-order valence-corrected chi connectivity index (χ1v) is 5.25. The second-order valence-corrected chi connectivity index (χ2v) is 3.79. The number of hydrogen-bond acceptors (Lipinski definition) is 3. The van der Waals surface area contributed by atoms with Crippen molar-refractivity contribution in [2.24, 2.45) is 0 Å². The molecule has 96 valence electrons. The van der Waals surface area contributed by atoms with Crippen LogP contribution in [-0.4, -0.2) is 15.2 Å². The third-order valence-electron chi connectivity index (χ3n) is 2.45. The molecule has 18 heavy (non-hydrogen) atoms. The lowest BCUT2D eigenvalue weighted by molar-refractivity contribution is -0.144. The Morgan fingerprint density at radius 1 is 1.28 bits per heavy atom. The summed E-state index contributed by atoms with van der Waals surface area (Å²) in [4.78, 5) is 3.32. The molecule has 2 rings (SSSR count). The van der Waals surface area contributed by atoms with E-state index in [1.165, 1.54) is 0 Å². The van der Waals surface area contributed by atoms with Crippen LogP contribution in [0, 0.1) is 6.92 Å². The monoisotopic (exact) mass is 256 g/mol. The minimum atomic E-state index is -4.50. The number of alkyl halides is 3. The number of benzene rings is 1. The number of nitrogens with one attached hydrogen (secondary N) is 2. The van der Waals surface area contributed by atoms with Gasteiger partial charge < -0.3 is 5.32 Å². The van der Waals surface area contributed by atoms with Gasteiger partial charge in [-0.1, -0.05) is 24.3 Å². The summed E-state index contributed by atoms with van der Waals surface area (Å²) in [5.74, 6) is -1.17. The molecule has 7 heteroatoms. The van der Waals surface area contributed by atoms with E-state index < -0.39 is 12.0 Å². The molecule has 0 fully saturated rings. The predicted molar refractivity (Wildman–Crippen MR) is 59.9 cm³/mol. The third kappa shape index (κ3) is 2.79. The highest BCUT2D eigenvalue weighted by Crippen LogP contribution is 2.26. The largest absolute Gasteiger partial charge is 0.451 e. The van der Waals surface area contributed by atoms with Gasteiger partial charge in [-0.05, 0) is 18.1 Å². The van der Waals surface area contributed by atoms with Gasteiger partial charge in [0.25, 0.3) is 0 Å². The second kappa shape index (κ2) is 4.67. The highest BCUT2D eigenvalue weighted by atomic mass is 19.4. The molecular weight excluding hydrogens is 245 g/mol. The van der Waals surface area contributed by atoms with Crippen molar-refractivity contribution < 1.29 is 13.2 Å². The number of aromatic nitrogens is 3. The summed E-state index contributed by atoms with van der Waals surface area (Å²) in [5.41, 5.74) is 2.03. The first-order valence-electron chi connectivity index (χ1n) is 5.25. The molecule has 0 spiro atoms. The molecular formula is C11H11F3N4. The average molecular weight is 256 g/mol. The lowest BCUT2D eigenvalue weighted by Gasteiger charge is -2.05. The van der Waals surface area contributed by atoms with Gasteiger partial charge in [0.05, 0.1) is 0 Å². The van der Waals surface area contributed by atoms with Gasteiger partial charge in [-0.2, -0.15) is 18.2 Å². The van der Waals surface area contributed by atoms with Crippen molar-refractivity contribution in [3.05, 3.63) is 41.2 Å². The maximum atomic E-state index is 12.3. The summed E-state index contributed by atoms with van der Waals surface area (Å²) >= 11 is 0. The van der Waals surface area contributed by atoms with E-state index in [0.29, 0.717) is 6.54 Å². The van der Waals surface area contributed by atoms with E-state index in [1.54, 1.807) is 0 Å². The number of anilines is 1. The molecule has 2 aromatic rings. The number of aromatic amines is 1. The standard InChI is InChI=1S/C11H11F3N4/c1-7-4-2-3-5-8(7)6-15-10-16-9(17-18-10)11(12,13)14/h2-5H,6H2,1H3,(H2,15,16,17,18). The Labute approximate surface area is 101 Å². The van der Waals surface area contributed by atoms with Crippen LogP contribution >= 0.6 is 0 Å². The van der Waals surface area contributed by atoms with Gasteiger partial charge in [0.2, 0.25) is 11.8 Å². The number of hydrogen-bond donors (Lipinski definition) is 2. The van der Waals surface area contributed by atoms with Crippen molar-refractivity contribution in [2.75, 3.05) is 5.32 Å². The van der Waals surface area contributed by atoms with E-state index in [4.69, 9.17) is 0 Å². The molecule has 0 radical (unpaired) electrons. The molecule has 0 bridgehead atoms. The molecule has 1 heterocycles. The van der Waals surface area contributed by atoms with Gasteiger partial charge in [-0.15, -0.1) is 5.10 Å². The topological polar surface area (TPSA) is 53.6 Å². The maximum absolute atomic E-state index is 12.3. The van der Waals surface area contributed by atoms with E-state index in [0.717, 1.165) is 11.1 Å². The summed E-state index contributed by atoms with van der Waals surface area (Å²) in [6.07, 6.45) is -4.50. The number of nitrogens with zero attached hydrogens (tertiary/aromatic N) is 2.